The first-order valence-electron chi connectivity index (χ1n) is 6.55. The minimum Gasteiger partial charge on any atom is -0.497 e. The predicted octanol–water partition coefficient (Wildman–Crippen LogP) is 2.22. The third-order valence-corrected chi connectivity index (χ3v) is 2.67. The number of hydrogen-bond acceptors (Lipinski definition) is 3. The Balaban J connectivity index is 2.50. The first-order chi connectivity index (χ1) is 10.1. The fourth-order valence-corrected chi connectivity index (χ4v) is 1.54. The molecule has 0 saturated carbocycles. The number of likely N-dealkylation sites (N-methyl/N-ethyl adjacent to an activating group) is 1. The number of rotatable bonds is 6. The van der Waals surface area contributed by atoms with Crippen LogP contribution in [-0.2, 0) is 9.59 Å². The Bertz CT molecular complexity index is 533. The highest BCUT2D eigenvalue weighted by Crippen LogP contribution is 2.14. The number of carbonyl (C=O) groups is 2. The van der Waals surface area contributed by atoms with E-state index >= 15 is 0 Å². The molecule has 1 rings (SSSR count). The van der Waals surface area contributed by atoms with Gasteiger partial charge in [0.2, 0.25) is 11.8 Å². The van der Waals surface area contributed by atoms with E-state index in [9.17, 15) is 9.59 Å². The van der Waals surface area contributed by atoms with Gasteiger partial charge < -0.3 is 15.0 Å². The predicted molar refractivity (Wildman–Crippen MR) is 83.2 cm³/mol. The van der Waals surface area contributed by atoms with Gasteiger partial charge in [-0.15, -0.1) is 0 Å². The monoisotopic (exact) mass is 288 g/mol. The van der Waals surface area contributed by atoms with E-state index in [-0.39, 0.29) is 18.4 Å². The van der Waals surface area contributed by atoms with E-state index in [0.717, 1.165) is 5.75 Å². The summed E-state index contributed by atoms with van der Waals surface area (Å²) in [6.45, 7) is 1.85. The van der Waals surface area contributed by atoms with Crippen LogP contribution in [0.15, 0.2) is 48.6 Å². The van der Waals surface area contributed by atoms with Crippen LogP contribution in [0.5, 0.6) is 5.75 Å². The molecule has 0 radical (unpaired) electrons. The minimum absolute atomic E-state index is 0.00889. The Hall–Kier alpha value is -2.56. The standard InChI is InChI=1S/C16H20N2O3/c1-4-5-6-7-16(20)18(2)12-15(19)17-13-8-10-14(21-3)11-9-13/h4-11H,12H2,1-3H3,(H,17,19)/b5-4+,7-6+. The molecule has 0 heterocycles. The number of hydrogen-bond donors (Lipinski definition) is 1. The van der Waals surface area contributed by atoms with E-state index in [1.807, 2.05) is 13.0 Å². The summed E-state index contributed by atoms with van der Waals surface area (Å²) in [4.78, 5) is 24.9. The smallest absolute Gasteiger partial charge is 0.246 e. The van der Waals surface area contributed by atoms with Gasteiger partial charge in [0, 0.05) is 18.8 Å². The number of allylic oxidation sites excluding steroid dienone is 3. The van der Waals surface area contributed by atoms with E-state index in [1.54, 1.807) is 50.6 Å². The summed E-state index contributed by atoms with van der Waals surface area (Å²) in [6, 6.07) is 6.99. The molecule has 2 amide bonds. The van der Waals surface area contributed by atoms with Crippen molar-refractivity contribution in [1.29, 1.82) is 0 Å². The van der Waals surface area contributed by atoms with Crippen molar-refractivity contribution in [3.05, 3.63) is 48.6 Å². The molecular weight excluding hydrogens is 268 g/mol. The molecule has 0 atom stereocenters. The molecule has 0 aliphatic heterocycles. The largest absolute Gasteiger partial charge is 0.497 e. The number of anilines is 1. The molecular formula is C16H20N2O3. The lowest BCUT2D eigenvalue weighted by Gasteiger charge is -2.14. The van der Waals surface area contributed by atoms with Gasteiger partial charge >= 0.3 is 0 Å². The maximum atomic E-state index is 11.8. The molecule has 0 unspecified atom stereocenters. The van der Waals surface area contributed by atoms with Crippen LogP contribution in [0, 0.1) is 0 Å². The van der Waals surface area contributed by atoms with Crippen molar-refractivity contribution in [3.8, 4) is 5.75 Å². The SMILES string of the molecule is C/C=C/C=C/C(=O)N(C)CC(=O)Nc1ccc(OC)cc1. The van der Waals surface area contributed by atoms with Crippen molar-refractivity contribution in [3.63, 3.8) is 0 Å². The molecule has 0 aliphatic carbocycles. The van der Waals surface area contributed by atoms with Crippen LogP contribution in [0.1, 0.15) is 6.92 Å². The quantitative estimate of drug-likeness (QED) is 0.645. The zero-order valence-corrected chi connectivity index (χ0v) is 12.5. The van der Waals surface area contributed by atoms with Crippen molar-refractivity contribution in [2.75, 3.05) is 26.0 Å². The van der Waals surface area contributed by atoms with E-state index < -0.39 is 0 Å². The molecule has 1 N–H and O–H groups in total. The summed E-state index contributed by atoms with van der Waals surface area (Å²) in [7, 11) is 3.16. The fourth-order valence-electron chi connectivity index (χ4n) is 1.54. The molecule has 0 fully saturated rings. The number of methoxy groups -OCH3 is 1. The van der Waals surface area contributed by atoms with Gasteiger partial charge in [-0.2, -0.15) is 0 Å². The summed E-state index contributed by atoms with van der Waals surface area (Å²) in [5.41, 5.74) is 0.658. The van der Waals surface area contributed by atoms with Crippen molar-refractivity contribution in [2.24, 2.45) is 0 Å². The van der Waals surface area contributed by atoms with Crippen LogP contribution in [0.3, 0.4) is 0 Å². The van der Waals surface area contributed by atoms with Crippen LogP contribution >= 0.6 is 0 Å². The van der Waals surface area contributed by atoms with Gasteiger partial charge in [0.05, 0.1) is 13.7 Å². The number of amides is 2. The second kappa shape index (κ2) is 8.58. The van der Waals surface area contributed by atoms with Crippen molar-refractivity contribution >= 4 is 17.5 Å². The summed E-state index contributed by atoms with van der Waals surface area (Å²) in [5.74, 6) is 0.239. The Morgan fingerprint density at radius 1 is 1.24 bits per heavy atom. The molecule has 0 saturated heterocycles. The maximum absolute atomic E-state index is 11.8. The first-order valence-corrected chi connectivity index (χ1v) is 6.55. The van der Waals surface area contributed by atoms with Gasteiger partial charge in [0.1, 0.15) is 5.75 Å². The van der Waals surface area contributed by atoms with E-state index in [2.05, 4.69) is 5.32 Å². The maximum Gasteiger partial charge on any atom is 0.246 e. The average Bonchev–Trinajstić information content (AvgIpc) is 2.48. The van der Waals surface area contributed by atoms with Crippen LogP contribution in [0.2, 0.25) is 0 Å². The molecule has 5 heteroatoms. The van der Waals surface area contributed by atoms with E-state index in [4.69, 9.17) is 4.74 Å². The van der Waals surface area contributed by atoms with Crippen LogP contribution in [-0.4, -0.2) is 37.4 Å². The lowest BCUT2D eigenvalue weighted by atomic mass is 10.3. The van der Waals surface area contributed by atoms with Crippen molar-refractivity contribution in [1.82, 2.24) is 4.90 Å². The lowest BCUT2D eigenvalue weighted by Crippen LogP contribution is -2.33. The molecule has 1 aromatic carbocycles. The van der Waals surface area contributed by atoms with Gasteiger partial charge in [0.25, 0.3) is 0 Å². The number of carbonyl (C=O) groups excluding carboxylic acids is 2. The Labute approximate surface area is 124 Å². The van der Waals surface area contributed by atoms with E-state index in [0.29, 0.717) is 5.69 Å². The third kappa shape index (κ3) is 5.95. The number of benzene rings is 1. The molecule has 112 valence electrons. The number of nitrogens with one attached hydrogen (secondary N) is 1. The van der Waals surface area contributed by atoms with Gasteiger partial charge in [-0.25, -0.2) is 0 Å². The topological polar surface area (TPSA) is 58.6 Å². The van der Waals surface area contributed by atoms with Gasteiger partial charge in [0.15, 0.2) is 0 Å². The normalized spacial score (nSPS) is 10.8. The third-order valence-electron chi connectivity index (χ3n) is 2.67. The highest BCUT2D eigenvalue weighted by Gasteiger charge is 2.10. The summed E-state index contributed by atoms with van der Waals surface area (Å²) in [5, 5.41) is 2.72. The second-order valence-electron chi connectivity index (χ2n) is 4.36. The molecule has 0 spiro atoms. The second-order valence-corrected chi connectivity index (χ2v) is 4.36. The van der Waals surface area contributed by atoms with Gasteiger partial charge in [-0.05, 0) is 31.2 Å². The molecule has 21 heavy (non-hydrogen) atoms. The zero-order chi connectivity index (χ0) is 15.7. The summed E-state index contributed by atoms with van der Waals surface area (Å²) in [6.07, 6.45) is 6.63. The number of nitrogens with zero attached hydrogens (tertiary/aromatic N) is 1. The molecule has 0 aromatic heterocycles. The molecule has 5 nitrogen and oxygen atoms in total. The summed E-state index contributed by atoms with van der Waals surface area (Å²) >= 11 is 0. The summed E-state index contributed by atoms with van der Waals surface area (Å²) < 4.78 is 5.04. The number of ether oxygens (including phenoxy) is 1. The molecule has 0 aliphatic rings. The molecule has 0 bridgehead atoms. The highest BCUT2D eigenvalue weighted by atomic mass is 16.5. The first kappa shape index (κ1) is 16.5. The minimum atomic E-state index is -0.254. The van der Waals surface area contributed by atoms with Crippen molar-refractivity contribution in [2.45, 2.75) is 6.92 Å². The Morgan fingerprint density at radius 2 is 1.90 bits per heavy atom. The fraction of sp³-hybridized carbons (Fsp3) is 0.250. The molecule has 1 aromatic rings. The lowest BCUT2D eigenvalue weighted by molar-refractivity contribution is -0.129. The van der Waals surface area contributed by atoms with Crippen LogP contribution < -0.4 is 10.1 Å². The van der Waals surface area contributed by atoms with Crippen molar-refractivity contribution < 1.29 is 14.3 Å². The Kier molecular flexibility index (Phi) is 6.74. The van der Waals surface area contributed by atoms with Gasteiger partial charge in [-0.3, -0.25) is 9.59 Å². The highest BCUT2D eigenvalue weighted by molar-refractivity contribution is 5.96. The van der Waals surface area contributed by atoms with E-state index in [1.165, 1.54) is 11.0 Å². The Morgan fingerprint density at radius 3 is 2.48 bits per heavy atom. The average molecular weight is 288 g/mol. The van der Waals surface area contributed by atoms with Gasteiger partial charge in [-0.1, -0.05) is 18.2 Å². The van der Waals surface area contributed by atoms with Crippen LogP contribution in [0.4, 0.5) is 5.69 Å². The zero-order valence-electron chi connectivity index (χ0n) is 12.5. The van der Waals surface area contributed by atoms with Crippen LogP contribution in [0.25, 0.3) is 0 Å².